The van der Waals surface area contributed by atoms with Crippen molar-refractivity contribution in [2.24, 2.45) is 5.92 Å². The highest BCUT2D eigenvalue weighted by Gasteiger charge is 2.23. The summed E-state index contributed by atoms with van der Waals surface area (Å²) in [4.78, 5) is 4.74. The smallest absolute Gasteiger partial charge is 0.0931 e. The van der Waals surface area contributed by atoms with Crippen molar-refractivity contribution in [3.63, 3.8) is 0 Å². The number of aromatic nitrogens is 1. The molecule has 2 rings (SSSR count). The molecule has 2 unspecified atom stereocenters. The first kappa shape index (κ1) is 13.0. The predicted molar refractivity (Wildman–Crippen MR) is 72.5 cm³/mol. The largest absolute Gasteiger partial charge is 0.393 e. The number of rotatable bonds is 2. The van der Waals surface area contributed by atoms with E-state index in [2.05, 4.69) is 26.2 Å². The molecule has 1 aromatic heterocycles. The lowest BCUT2D eigenvalue weighted by Gasteiger charge is -2.25. The van der Waals surface area contributed by atoms with Gasteiger partial charge in [0.2, 0.25) is 0 Å². The summed E-state index contributed by atoms with van der Waals surface area (Å²) in [7, 11) is 0. The molecule has 1 saturated carbocycles. The van der Waals surface area contributed by atoms with Crippen LogP contribution in [-0.2, 0) is 11.8 Å². The van der Waals surface area contributed by atoms with E-state index in [1.54, 1.807) is 11.3 Å². The minimum Gasteiger partial charge on any atom is -0.393 e. The van der Waals surface area contributed by atoms with E-state index in [0.29, 0.717) is 5.92 Å². The Balaban J connectivity index is 1.97. The Morgan fingerprint density at radius 2 is 2.18 bits per heavy atom. The Morgan fingerprint density at radius 1 is 1.41 bits per heavy atom. The first-order valence-electron chi connectivity index (χ1n) is 6.58. The van der Waals surface area contributed by atoms with Crippen molar-refractivity contribution in [2.45, 2.75) is 64.4 Å². The molecule has 3 heteroatoms. The average molecular weight is 253 g/mol. The van der Waals surface area contributed by atoms with Gasteiger partial charge in [-0.1, -0.05) is 27.2 Å². The van der Waals surface area contributed by atoms with Crippen molar-refractivity contribution in [1.29, 1.82) is 0 Å². The van der Waals surface area contributed by atoms with Gasteiger partial charge in [-0.05, 0) is 25.2 Å². The van der Waals surface area contributed by atoms with E-state index in [1.165, 1.54) is 23.5 Å². The zero-order valence-corrected chi connectivity index (χ0v) is 11.9. The van der Waals surface area contributed by atoms with E-state index < -0.39 is 0 Å². The first-order chi connectivity index (χ1) is 7.95. The van der Waals surface area contributed by atoms with Crippen LogP contribution in [0.15, 0.2) is 5.38 Å². The molecule has 0 radical (unpaired) electrons. The minimum absolute atomic E-state index is 0.0733. The molecule has 0 aliphatic heterocycles. The van der Waals surface area contributed by atoms with Crippen molar-refractivity contribution in [3.05, 3.63) is 16.1 Å². The number of aliphatic hydroxyl groups is 1. The van der Waals surface area contributed by atoms with Crippen LogP contribution in [0, 0.1) is 5.92 Å². The van der Waals surface area contributed by atoms with E-state index in [4.69, 9.17) is 4.98 Å². The molecular formula is C14H23NOS. The molecule has 2 nitrogen and oxygen atoms in total. The number of hydrogen-bond donors (Lipinski definition) is 1. The Labute approximate surface area is 108 Å². The summed E-state index contributed by atoms with van der Waals surface area (Å²) in [6.45, 7) is 6.61. The van der Waals surface area contributed by atoms with Gasteiger partial charge in [-0.2, -0.15) is 0 Å². The van der Waals surface area contributed by atoms with Crippen molar-refractivity contribution >= 4 is 11.3 Å². The monoisotopic (exact) mass is 253 g/mol. The maximum absolute atomic E-state index is 9.68. The molecule has 0 amide bonds. The molecular weight excluding hydrogens is 230 g/mol. The lowest BCUT2D eigenvalue weighted by molar-refractivity contribution is 0.101. The molecule has 0 aromatic carbocycles. The molecule has 0 spiro atoms. The second-order valence-corrected chi connectivity index (χ2v) is 7.21. The van der Waals surface area contributed by atoms with Gasteiger partial charge in [-0.15, -0.1) is 11.3 Å². The summed E-state index contributed by atoms with van der Waals surface area (Å²) in [5.41, 5.74) is 1.36. The van der Waals surface area contributed by atoms with Gasteiger partial charge in [0.1, 0.15) is 0 Å². The number of thiazole rings is 1. The van der Waals surface area contributed by atoms with Gasteiger partial charge in [0.25, 0.3) is 0 Å². The Kier molecular flexibility index (Phi) is 3.88. The van der Waals surface area contributed by atoms with Crippen LogP contribution >= 0.6 is 11.3 Å². The summed E-state index contributed by atoms with van der Waals surface area (Å²) in [6.07, 6.45) is 5.35. The van der Waals surface area contributed by atoms with Gasteiger partial charge in [0, 0.05) is 17.2 Å². The SMILES string of the molecule is CC(C)(C)c1csc(CC2CCCC(O)C2)n1. The van der Waals surface area contributed by atoms with Crippen LogP contribution in [-0.4, -0.2) is 16.2 Å². The fourth-order valence-corrected chi connectivity index (χ4v) is 3.58. The fourth-order valence-electron chi connectivity index (χ4n) is 2.44. The van der Waals surface area contributed by atoms with Crippen LogP contribution in [0.2, 0.25) is 0 Å². The molecule has 1 heterocycles. The predicted octanol–water partition coefficient (Wildman–Crippen LogP) is 3.53. The van der Waals surface area contributed by atoms with E-state index in [-0.39, 0.29) is 11.5 Å². The van der Waals surface area contributed by atoms with Gasteiger partial charge < -0.3 is 5.11 Å². The molecule has 1 aliphatic carbocycles. The molecule has 0 saturated heterocycles. The zero-order chi connectivity index (χ0) is 12.5. The van der Waals surface area contributed by atoms with Gasteiger partial charge in [-0.3, -0.25) is 0 Å². The topological polar surface area (TPSA) is 33.1 Å². The second-order valence-electron chi connectivity index (χ2n) is 6.27. The third kappa shape index (κ3) is 3.52. The van der Waals surface area contributed by atoms with Crippen LogP contribution in [0.1, 0.15) is 57.2 Å². The highest BCUT2D eigenvalue weighted by atomic mass is 32.1. The summed E-state index contributed by atoms with van der Waals surface area (Å²) in [6, 6.07) is 0. The number of aliphatic hydroxyl groups excluding tert-OH is 1. The summed E-state index contributed by atoms with van der Waals surface area (Å²) < 4.78 is 0. The molecule has 1 fully saturated rings. The van der Waals surface area contributed by atoms with Gasteiger partial charge >= 0.3 is 0 Å². The molecule has 1 aliphatic rings. The van der Waals surface area contributed by atoms with Crippen LogP contribution in [0.4, 0.5) is 0 Å². The zero-order valence-electron chi connectivity index (χ0n) is 11.1. The van der Waals surface area contributed by atoms with Gasteiger partial charge in [-0.25, -0.2) is 4.98 Å². The third-order valence-electron chi connectivity index (χ3n) is 3.54. The summed E-state index contributed by atoms with van der Waals surface area (Å²) >= 11 is 1.78. The molecule has 1 N–H and O–H groups in total. The number of hydrogen-bond acceptors (Lipinski definition) is 3. The molecule has 17 heavy (non-hydrogen) atoms. The van der Waals surface area contributed by atoms with Crippen LogP contribution < -0.4 is 0 Å². The average Bonchev–Trinajstić information content (AvgIpc) is 2.65. The second kappa shape index (κ2) is 5.07. The fraction of sp³-hybridized carbons (Fsp3) is 0.786. The summed E-state index contributed by atoms with van der Waals surface area (Å²) in [5, 5.41) is 13.1. The molecule has 96 valence electrons. The normalized spacial score (nSPS) is 26.1. The van der Waals surface area contributed by atoms with E-state index in [0.717, 1.165) is 19.3 Å². The Hall–Kier alpha value is -0.410. The molecule has 0 bridgehead atoms. The van der Waals surface area contributed by atoms with Crippen molar-refractivity contribution in [2.75, 3.05) is 0 Å². The van der Waals surface area contributed by atoms with E-state index in [1.807, 2.05) is 0 Å². The van der Waals surface area contributed by atoms with Crippen molar-refractivity contribution < 1.29 is 5.11 Å². The molecule has 1 aromatic rings. The van der Waals surface area contributed by atoms with Crippen LogP contribution in [0.5, 0.6) is 0 Å². The lowest BCUT2D eigenvalue weighted by atomic mass is 9.85. The highest BCUT2D eigenvalue weighted by Crippen LogP contribution is 2.30. The van der Waals surface area contributed by atoms with Gasteiger partial charge in [0.05, 0.1) is 16.8 Å². The Morgan fingerprint density at radius 3 is 2.76 bits per heavy atom. The summed E-state index contributed by atoms with van der Waals surface area (Å²) in [5.74, 6) is 0.637. The minimum atomic E-state index is -0.0733. The standard InChI is InChI=1S/C14H23NOS/c1-14(2,3)12-9-17-13(15-12)8-10-5-4-6-11(16)7-10/h9-11,16H,4-8H2,1-3H3. The molecule has 2 atom stereocenters. The maximum Gasteiger partial charge on any atom is 0.0931 e. The van der Waals surface area contributed by atoms with Crippen LogP contribution in [0.25, 0.3) is 0 Å². The maximum atomic E-state index is 9.68. The van der Waals surface area contributed by atoms with Gasteiger partial charge in [0.15, 0.2) is 0 Å². The lowest BCUT2D eigenvalue weighted by Crippen LogP contribution is -2.21. The third-order valence-corrected chi connectivity index (χ3v) is 4.41. The highest BCUT2D eigenvalue weighted by molar-refractivity contribution is 7.09. The quantitative estimate of drug-likeness (QED) is 0.874. The van der Waals surface area contributed by atoms with E-state index >= 15 is 0 Å². The van der Waals surface area contributed by atoms with Crippen LogP contribution in [0.3, 0.4) is 0 Å². The van der Waals surface area contributed by atoms with Crippen molar-refractivity contribution in [3.8, 4) is 0 Å². The number of nitrogens with zero attached hydrogens (tertiary/aromatic N) is 1. The van der Waals surface area contributed by atoms with Crippen molar-refractivity contribution in [1.82, 2.24) is 4.98 Å². The first-order valence-corrected chi connectivity index (χ1v) is 7.46. The van der Waals surface area contributed by atoms with E-state index in [9.17, 15) is 5.11 Å². The Bertz CT molecular complexity index is 367.